The lowest BCUT2D eigenvalue weighted by Gasteiger charge is -2.38. The molecule has 1 aromatic carbocycles. The number of unbranched alkanes of at least 4 members (excludes halogenated alkanes) is 2. The number of rotatable bonds is 10. The van der Waals surface area contributed by atoms with Gasteiger partial charge in [0.05, 0.1) is 13.2 Å². The highest BCUT2D eigenvalue weighted by molar-refractivity contribution is 5.38. The lowest BCUT2D eigenvalue weighted by molar-refractivity contribution is 0.125. The Morgan fingerprint density at radius 2 is 2.00 bits per heavy atom. The van der Waals surface area contributed by atoms with Crippen LogP contribution in [0.1, 0.15) is 50.2 Å². The van der Waals surface area contributed by atoms with Gasteiger partial charge in [0.15, 0.2) is 0 Å². The summed E-state index contributed by atoms with van der Waals surface area (Å²) in [5.41, 5.74) is 8.67. The molecule has 24 heavy (non-hydrogen) atoms. The quantitative estimate of drug-likeness (QED) is 0.645. The predicted octanol–water partition coefficient (Wildman–Crippen LogP) is 3.09. The van der Waals surface area contributed by atoms with Crippen LogP contribution in [0.25, 0.3) is 0 Å². The van der Waals surface area contributed by atoms with E-state index in [1.54, 1.807) is 7.11 Å². The summed E-state index contributed by atoms with van der Waals surface area (Å²) < 4.78 is 10.9. The summed E-state index contributed by atoms with van der Waals surface area (Å²) in [7, 11) is 1.74. The van der Waals surface area contributed by atoms with Gasteiger partial charge in [-0.3, -0.25) is 0 Å². The second-order valence-corrected chi connectivity index (χ2v) is 7.02. The molecule has 3 N–H and O–H groups in total. The zero-order chi connectivity index (χ0) is 17.4. The number of aliphatic hydroxyl groups excluding tert-OH is 1. The lowest BCUT2D eigenvalue weighted by atomic mass is 9.72. The average molecular weight is 335 g/mol. The highest BCUT2D eigenvalue weighted by Gasteiger charge is 2.35. The molecule has 0 spiro atoms. The van der Waals surface area contributed by atoms with Gasteiger partial charge < -0.3 is 20.3 Å². The van der Waals surface area contributed by atoms with Crippen molar-refractivity contribution < 1.29 is 14.6 Å². The summed E-state index contributed by atoms with van der Waals surface area (Å²) in [5.74, 6) is 1.32. The first kappa shape index (κ1) is 19.2. The van der Waals surface area contributed by atoms with Gasteiger partial charge in [-0.15, -0.1) is 0 Å². The number of hydrogen-bond acceptors (Lipinski definition) is 4. The molecule has 2 rings (SSSR count). The number of methoxy groups -OCH3 is 1. The van der Waals surface area contributed by atoms with E-state index in [1.165, 1.54) is 11.1 Å². The molecule has 0 heterocycles. The van der Waals surface area contributed by atoms with Crippen molar-refractivity contribution in [1.29, 1.82) is 0 Å². The monoisotopic (exact) mass is 335 g/mol. The predicted molar refractivity (Wildman–Crippen MR) is 97.5 cm³/mol. The second-order valence-electron chi connectivity index (χ2n) is 7.02. The number of aryl methyl sites for hydroxylation is 1. The Bertz CT molecular complexity index is 500. The minimum atomic E-state index is -0.449. The fourth-order valence-electron chi connectivity index (χ4n) is 3.56. The van der Waals surface area contributed by atoms with Crippen molar-refractivity contribution in [2.45, 2.75) is 57.4 Å². The zero-order valence-corrected chi connectivity index (χ0v) is 15.2. The fourth-order valence-corrected chi connectivity index (χ4v) is 3.56. The van der Waals surface area contributed by atoms with Crippen molar-refractivity contribution >= 4 is 0 Å². The van der Waals surface area contributed by atoms with Gasteiger partial charge in [-0.2, -0.15) is 0 Å². The molecule has 4 heteroatoms. The van der Waals surface area contributed by atoms with Crippen LogP contribution in [0.4, 0.5) is 0 Å². The van der Waals surface area contributed by atoms with Crippen LogP contribution < -0.4 is 10.5 Å². The second kappa shape index (κ2) is 9.40. The van der Waals surface area contributed by atoms with Crippen molar-refractivity contribution in [3.63, 3.8) is 0 Å². The van der Waals surface area contributed by atoms with Gasteiger partial charge in [-0.1, -0.05) is 13.0 Å². The summed E-state index contributed by atoms with van der Waals surface area (Å²) in [5, 5.41) is 9.65. The van der Waals surface area contributed by atoms with Crippen LogP contribution in [-0.2, 0) is 17.6 Å². The summed E-state index contributed by atoms with van der Waals surface area (Å²) in [4.78, 5) is 0. The minimum absolute atomic E-state index is 0.0633. The first-order valence-corrected chi connectivity index (χ1v) is 9.26. The minimum Gasteiger partial charge on any atom is -0.494 e. The molecule has 0 saturated heterocycles. The number of ether oxygens (including phenoxy) is 2. The molecular formula is C20H33NO3. The third kappa shape index (κ3) is 4.95. The fraction of sp³-hybridized carbons (Fsp3) is 0.700. The maximum atomic E-state index is 9.65. The third-order valence-electron chi connectivity index (χ3n) is 5.43. The van der Waals surface area contributed by atoms with E-state index in [0.29, 0.717) is 5.92 Å². The number of benzene rings is 1. The molecule has 0 aliphatic heterocycles. The summed E-state index contributed by atoms with van der Waals surface area (Å²) in [6.07, 6.45) is 7.12. The van der Waals surface area contributed by atoms with E-state index >= 15 is 0 Å². The molecule has 0 amide bonds. The van der Waals surface area contributed by atoms with Gasteiger partial charge in [0.1, 0.15) is 5.75 Å². The van der Waals surface area contributed by atoms with E-state index in [1.807, 2.05) is 0 Å². The summed E-state index contributed by atoms with van der Waals surface area (Å²) in [6, 6.07) is 6.43. The van der Waals surface area contributed by atoms with Crippen molar-refractivity contribution in [2.75, 3.05) is 26.9 Å². The topological polar surface area (TPSA) is 64.7 Å². The van der Waals surface area contributed by atoms with Gasteiger partial charge in [0, 0.05) is 19.3 Å². The number of hydrogen-bond donors (Lipinski definition) is 2. The molecule has 4 nitrogen and oxygen atoms in total. The van der Waals surface area contributed by atoms with E-state index < -0.39 is 5.54 Å². The Morgan fingerprint density at radius 3 is 2.71 bits per heavy atom. The van der Waals surface area contributed by atoms with E-state index in [2.05, 4.69) is 25.1 Å². The van der Waals surface area contributed by atoms with E-state index in [4.69, 9.17) is 15.2 Å². The standard InChI is InChI=1S/C20H33NO3/c1-3-20(21,15-22)18-9-7-17-14-19(10-8-16(17)13-18)24-12-6-4-5-11-23-2/h8,10,14,18,22H,3-7,9,11-13,15,21H2,1-2H3. The van der Waals surface area contributed by atoms with E-state index in [-0.39, 0.29) is 6.61 Å². The molecular weight excluding hydrogens is 302 g/mol. The summed E-state index contributed by atoms with van der Waals surface area (Å²) >= 11 is 0. The molecule has 0 radical (unpaired) electrons. The first-order valence-electron chi connectivity index (χ1n) is 9.26. The van der Waals surface area contributed by atoms with Gasteiger partial charge in [-0.25, -0.2) is 0 Å². The van der Waals surface area contributed by atoms with E-state index in [9.17, 15) is 5.11 Å². The van der Waals surface area contributed by atoms with Crippen LogP contribution in [0.2, 0.25) is 0 Å². The van der Waals surface area contributed by atoms with Crippen LogP contribution >= 0.6 is 0 Å². The third-order valence-corrected chi connectivity index (χ3v) is 5.43. The average Bonchev–Trinajstić information content (AvgIpc) is 2.63. The highest BCUT2D eigenvalue weighted by atomic mass is 16.5. The van der Waals surface area contributed by atoms with Crippen molar-refractivity contribution in [3.8, 4) is 5.75 Å². The first-order chi connectivity index (χ1) is 11.6. The van der Waals surface area contributed by atoms with Gasteiger partial charge >= 0.3 is 0 Å². The smallest absolute Gasteiger partial charge is 0.119 e. The van der Waals surface area contributed by atoms with Crippen LogP contribution in [-0.4, -0.2) is 37.6 Å². The molecule has 1 aliphatic carbocycles. The Kier molecular flexibility index (Phi) is 7.53. The van der Waals surface area contributed by atoms with Gasteiger partial charge in [0.2, 0.25) is 0 Å². The highest BCUT2D eigenvalue weighted by Crippen LogP contribution is 2.34. The number of nitrogens with two attached hydrogens (primary N) is 1. The number of fused-ring (bicyclic) bond motifs is 1. The summed E-state index contributed by atoms with van der Waals surface area (Å²) in [6.45, 7) is 3.72. The maximum absolute atomic E-state index is 9.65. The molecule has 1 aromatic rings. The SMILES string of the molecule is CCC(N)(CO)C1CCc2cc(OCCCCCOC)ccc2C1. The Hall–Kier alpha value is -1.10. The van der Waals surface area contributed by atoms with Crippen molar-refractivity contribution in [1.82, 2.24) is 0 Å². The maximum Gasteiger partial charge on any atom is 0.119 e. The Morgan fingerprint density at radius 1 is 1.21 bits per heavy atom. The molecule has 0 bridgehead atoms. The number of aliphatic hydroxyl groups is 1. The Balaban J connectivity index is 1.87. The van der Waals surface area contributed by atoms with Gasteiger partial charge in [0.25, 0.3) is 0 Å². The zero-order valence-electron chi connectivity index (χ0n) is 15.2. The normalized spacial score (nSPS) is 19.6. The molecule has 2 unspecified atom stereocenters. The van der Waals surface area contributed by atoms with Crippen molar-refractivity contribution in [2.24, 2.45) is 11.7 Å². The molecule has 0 fully saturated rings. The van der Waals surface area contributed by atoms with Crippen LogP contribution in [0.5, 0.6) is 5.75 Å². The molecule has 2 atom stereocenters. The lowest BCUT2D eigenvalue weighted by Crippen LogP contribution is -2.51. The van der Waals surface area contributed by atoms with Gasteiger partial charge in [-0.05, 0) is 74.1 Å². The Labute approximate surface area is 146 Å². The largest absolute Gasteiger partial charge is 0.494 e. The van der Waals surface area contributed by atoms with Crippen LogP contribution in [0.3, 0.4) is 0 Å². The van der Waals surface area contributed by atoms with E-state index in [0.717, 1.165) is 63.9 Å². The molecule has 0 saturated carbocycles. The molecule has 136 valence electrons. The van der Waals surface area contributed by atoms with Crippen LogP contribution in [0.15, 0.2) is 18.2 Å². The molecule has 1 aliphatic rings. The van der Waals surface area contributed by atoms with Crippen molar-refractivity contribution in [3.05, 3.63) is 29.3 Å². The van der Waals surface area contributed by atoms with Crippen LogP contribution in [0, 0.1) is 5.92 Å². The molecule has 0 aromatic heterocycles.